The summed E-state index contributed by atoms with van der Waals surface area (Å²) in [5, 5.41) is 6.58. The lowest BCUT2D eigenvalue weighted by atomic mass is 9.88. The summed E-state index contributed by atoms with van der Waals surface area (Å²) in [6, 6.07) is 36.1. The average molecular weight is 504 g/mol. The maximum absolute atomic E-state index is 12.9. The maximum atomic E-state index is 12.9. The van der Waals surface area contributed by atoms with E-state index in [1.54, 1.807) is 0 Å². The Morgan fingerprint density at radius 1 is 0.789 bits per heavy atom. The van der Waals surface area contributed by atoms with E-state index in [0.29, 0.717) is 12.1 Å². The Bertz CT molecular complexity index is 1350. The van der Waals surface area contributed by atoms with Gasteiger partial charge in [0.2, 0.25) is 0 Å². The van der Waals surface area contributed by atoms with Crippen molar-refractivity contribution in [2.24, 2.45) is 0 Å². The highest BCUT2D eigenvalue weighted by molar-refractivity contribution is 5.99. The van der Waals surface area contributed by atoms with Crippen molar-refractivity contribution in [3.63, 3.8) is 0 Å². The lowest BCUT2D eigenvalue weighted by molar-refractivity contribution is 0.0685. The maximum Gasteiger partial charge on any atom is 0.256 e. The minimum absolute atomic E-state index is 0.0356. The van der Waals surface area contributed by atoms with Gasteiger partial charge in [0.25, 0.3) is 11.8 Å². The summed E-state index contributed by atoms with van der Waals surface area (Å²) < 4.78 is 0. The number of carbonyl (C=O) groups excluding carboxylic acids is 2. The summed E-state index contributed by atoms with van der Waals surface area (Å²) >= 11 is 0. The molecule has 5 heteroatoms. The van der Waals surface area contributed by atoms with E-state index in [0.717, 1.165) is 23.2 Å². The third kappa shape index (κ3) is 5.32. The summed E-state index contributed by atoms with van der Waals surface area (Å²) in [6.07, 6.45) is 0.561. The molecule has 0 spiro atoms. The monoisotopic (exact) mass is 503 g/mol. The van der Waals surface area contributed by atoms with Gasteiger partial charge in [0.05, 0.1) is 0 Å². The first-order chi connectivity index (χ1) is 18.5. The number of hydrogen-bond donors (Lipinski definition) is 2. The molecule has 38 heavy (non-hydrogen) atoms. The van der Waals surface area contributed by atoms with Gasteiger partial charge in [-0.1, -0.05) is 78.9 Å². The molecule has 5 nitrogen and oxygen atoms in total. The molecule has 2 N–H and O–H groups in total. The van der Waals surface area contributed by atoms with E-state index in [1.807, 2.05) is 79.4 Å². The Kier molecular flexibility index (Phi) is 7.55. The molecule has 1 heterocycles. The molecule has 0 saturated heterocycles. The molecule has 1 aliphatic rings. The van der Waals surface area contributed by atoms with Crippen molar-refractivity contribution in [1.82, 2.24) is 10.2 Å². The number of amides is 2. The van der Waals surface area contributed by atoms with Gasteiger partial charge >= 0.3 is 0 Å². The molecule has 0 aliphatic carbocycles. The Hall–Kier alpha value is -4.38. The van der Waals surface area contributed by atoms with Crippen molar-refractivity contribution in [3.8, 4) is 0 Å². The van der Waals surface area contributed by atoms with Crippen LogP contribution in [0.15, 0.2) is 109 Å². The number of benzene rings is 4. The van der Waals surface area contributed by atoms with Gasteiger partial charge in [-0.25, -0.2) is 0 Å². The van der Waals surface area contributed by atoms with E-state index in [1.165, 1.54) is 11.1 Å². The minimum atomic E-state index is -0.244. The number of nitrogens with zero attached hydrogens (tertiary/aromatic N) is 1. The van der Waals surface area contributed by atoms with Crippen LogP contribution in [0.4, 0.5) is 5.69 Å². The first-order valence-corrected chi connectivity index (χ1v) is 13.2. The van der Waals surface area contributed by atoms with Crippen molar-refractivity contribution >= 4 is 17.5 Å². The largest absolute Gasteiger partial charge is 0.361 e. The molecule has 1 atom stereocenters. The molecule has 4 aromatic rings. The number of hydrogen-bond acceptors (Lipinski definition) is 3. The van der Waals surface area contributed by atoms with Gasteiger partial charge in [-0.15, -0.1) is 0 Å². The molecular formula is C33H33N3O2. The quantitative estimate of drug-likeness (QED) is 0.270. The molecule has 5 rings (SSSR count). The van der Waals surface area contributed by atoms with E-state index in [2.05, 4.69) is 59.2 Å². The Morgan fingerprint density at radius 2 is 1.37 bits per heavy atom. The fraction of sp³-hybridized carbons (Fsp3) is 0.212. The van der Waals surface area contributed by atoms with Crippen LogP contribution in [0.3, 0.4) is 0 Å². The third-order valence-corrected chi connectivity index (χ3v) is 7.13. The van der Waals surface area contributed by atoms with E-state index in [-0.39, 0.29) is 29.9 Å². The van der Waals surface area contributed by atoms with Crippen molar-refractivity contribution in [1.29, 1.82) is 0 Å². The Balaban J connectivity index is 1.23. The summed E-state index contributed by atoms with van der Waals surface area (Å²) in [7, 11) is 0. The van der Waals surface area contributed by atoms with Gasteiger partial charge < -0.3 is 15.5 Å². The predicted molar refractivity (Wildman–Crippen MR) is 152 cm³/mol. The van der Waals surface area contributed by atoms with Crippen LogP contribution in [0.1, 0.15) is 69.8 Å². The highest BCUT2D eigenvalue weighted by atomic mass is 16.2. The third-order valence-electron chi connectivity index (χ3n) is 7.13. The van der Waals surface area contributed by atoms with Gasteiger partial charge in [-0.2, -0.15) is 0 Å². The van der Waals surface area contributed by atoms with Crippen LogP contribution in [-0.2, 0) is 0 Å². The lowest BCUT2D eigenvalue weighted by Gasteiger charge is -2.30. The average Bonchev–Trinajstić information content (AvgIpc) is 3.23. The zero-order valence-corrected chi connectivity index (χ0v) is 21.8. The van der Waals surface area contributed by atoms with Gasteiger partial charge in [-0.05, 0) is 61.7 Å². The normalized spacial score (nSPS) is 14.6. The van der Waals surface area contributed by atoms with Crippen LogP contribution in [-0.4, -0.2) is 29.3 Å². The van der Waals surface area contributed by atoms with E-state index < -0.39 is 0 Å². The molecular weight excluding hydrogens is 470 g/mol. The predicted octanol–water partition coefficient (Wildman–Crippen LogP) is 6.61. The standard InChI is InChI=1S/C33H33N3O2/c1-23(2)36-31(29-15-9-10-16-30(29)33(36)38)35-27-19-17-26(18-20-27)32(37)34-22-21-28(24-11-5-3-6-12-24)25-13-7-4-8-14-25/h3-20,23,28,31,35H,21-22H2,1-2H3,(H,34,37). The number of carbonyl (C=O) groups is 2. The van der Waals surface area contributed by atoms with Crippen LogP contribution >= 0.6 is 0 Å². The Morgan fingerprint density at radius 3 is 1.97 bits per heavy atom. The second-order valence-electron chi connectivity index (χ2n) is 9.94. The number of anilines is 1. The van der Waals surface area contributed by atoms with Crippen LogP contribution < -0.4 is 10.6 Å². The van der Waals surface area contributed by atoms with Gasteiger partial charge in [0.1, 0.15) is 6.17 Å². The number of fused-ring (bicyclic) bond motifs is 1. The molecule has 0 saturated carbocycles. The molecule has 1 unspecified atom stereocenters. The zero-order valence-electron chi connectivity index (χ0n) is 21.8. The molecule has 4 aromatic carbocycles. The van der Waals surface area contributed by atoms with E-state index >= 15 is 0 Å². The van der Waals surface area contributed by atoms with Crippen molar-refractivity contribution in [2.75, 3.05) is 11.9 Å². The highest BCUT2D eigenvalue weighted by Crippen LogP contribution is 2.35. The van der Waals surface area contributed by atoms with Crippen LogP contribution in [0.2, 0.25) is 0 Å². The molecule has 0 bridgehead atoms. The molecule has 192 valence electrons. The first-order valence-electron chi connectivity index (χ1n) is 13.2. The minimum Gasteiger partial charge on any atom is -0.361 e. The molecule has 2 amide bonds. The molecule has 0 radical (unpaired) electrons. The van der Waals surface area contributed by atoms with Crippen molar-refractivity contribution in [2.45, 2.75) is 38.4 Å². The first kappa shape index (κ1) is 25.3. The van der Waals surface area contributed by atoms with Crippen molar-refractivity contribution in [3.05, 3.63) is 137 Å². The summed E-state index contributed by atoms with van der Waals surface area (Å²) in [4.78, 5) is 27.7. The molecule has 0 aromatic heterocycles. The molecule has 1 aliphatic heterocycles. The van der Waals surface area contributed by atoms with E-state index in [9.17, 15) is 9.59 Å². The fourth-order valence-corrected chi connectivity index (χ4v) is 5.22. The number of rotatable bonds is 9. The summed E-state index contributed by atoms with van der Waals surface area (Å²) in [5.74, 6) is 0.153. The number of nitrogens with one attached hydrogen (secondary N) is 2. The zero-order chi connectivity index (χ0) is 26.5. The van der Waals surface area contributed by atoms with Crippen LogP contribution in [0.5, 0.6) is 0 Å². The highest BCUT2D eigenvalue weighted by Gasteiger charge is 2.37. The fourth-order valence-electron chi connectivity index (χ4n) is 5.22. The van der Waals surface area contributed by atoms with E-state index in [4.69, 9.17) is 0 Å². The SMILES string of the molecule is CC(C)N1C(=O)c2ccccc2C1Nc1ccc(C(=O)NCCC(c2ccccc2)c2ccccc2)cc1. The second-order valence-corrected chi connectivity index (χ2v) is 9.94. The second kappa shape index (κ2) is 11.3. The lowest BCUT2D eigenvalue weighted by Crippen LogP contribution is -2.37. The van der Waals surface area contributed by atoms with Gasteiger partial charge in [-0.3, -0.25) is 9.59 Å². The van der Waals surface area contributed by atoms with Crippen LogP contribution in [0, 0.1) is 0 Å². The van der Waals surface area contributed by atoms with Gasteiger partial charge in [0, 0.05) is 40.9 Å². The van der Waals surface area contributed by atoms with Gasteiger partial charge in [0.15, 0.2) is 0 Å². The van der Waals surface area contributed by atoms with Crippen molar-refractivity contribution < 1.29 is 9.59 Å². The smallest absolute Gasteiger partial charge is 0.256 e. The van der Waals surface area contributed by atoms with Crippen LogP contribution in [0.25, 0.3) is 0 Å². The summed E-state index contributed by atoms with van der Waals surface area (Å²) in [5.41, 5.74) is 5.65. The molecule has 0 fully saturated rings. The Labute approximate surface area is 224 Å². The summed E-state index contributed by atoms with van der Waals surface area (Å²) in [6.45, 7) is 4.61. The topological polar surface area (TPSA) is 61.4 Å².